The minimum absolute atomic E-state index is 0.115. The number of methoxy groups -OCH3 is 1. The van der Waals surface area contributed by atoms with Gasteiger partial charge in [-0.1, -0.05) is 22.0 Å². The molecule has 1 atom stereocenters. The van der Waals surface area contributed by atoms with Crippen molar-refractivity contribution in [2.75, 3.05) is 12.4 Å². The molecule has 0 aliphatic heterocycles. The summed E-state index contributed by atoms with van der Waals surface area (Å²) in [6, 6.07) is 4.34. The molecule has 1 aromatic rings. The molecule has 1 amide bonds. The highest BCUT2D eigenvalue weighted by Crippen LogP contribution is 2.22. The zero-order valence-corrected chi connectivity index (χ0v) is 10.7. The van der Waals surface area contributed by atoms with E-state index in [1.54, 1.807) is 12.1 Å². The van der Waals surface area contributed by atoms with Gasteiger partial charge in [-0.15, -0.1) is 0 Å². The number of hydrogen-bond donors (Lipinski definition) is 1. The average molecular weight is 290 g/mol. The molecule has 0 saturated heterocycles. The molecule has 0 saturated carbocycles. The maximum Gasteiger partial charge on any atom is 0.231 e. The van der Waals surface area contributed by atoms with Gasteiger partial charge in [-0.05, 0) is 24.6 Å². The van der Waals surface area contributed by atoms with E-state index in [9.17, 15) is 9.18 Å². The average Bonchev–Trinajstić information content (AvgIpc) is 2.29. The molecule has 1 N–H and O–H groups in total. The molecule has 3 nitrogen and oxygen atoms in total. The van der Waals surface area contributed by atoms with E-state index < -0.39 is 5.82 Å². The summed E-state index contributed by atoms with van der Waals surface area (Å²) in [4.78, 5) is 11.2. The largest absolute Gasteiger partial charge is 0.494 e. The number of benzene rings is 1. The van der Waals surface area contributed by atoms with Crippen molar-refractivity contribution >= 4 is 21.8 Å². The molecule has 1 aromatic carbocycles. The zero-order chi connectivity index (χ0) is 12.1. The third-order valence-corrected chi connectivity index (χ3v) is 2.68. The monoisotopic (exact) mass is 289 g/mol. The van der Waals surface area contributed by atoms with E-state index >= 15 is 0 Å². The maximum atomic E-state index is 13.1. The molecular weight excluding hydrogens is 277 g/mol. The molecule has 0 aliphatic rings. The maximum absolute atomic E-state index is 13.1. The molecular formula is C11H13BrFNO2. The van der Waals surface area contributed by atoms with E-state index in [-0.39, 0.29) is 23.0 Å². The van der Waals surface area contributed by atoms with E-state index in [1.807, 2.05) is 6.92 Å². The first-order chi connectivity index (χ1) is 7.58. The summed E-state index contributed by atoms with van der Waals surface area (Å²) in [6.45, 7) is 1.83. The lowest BCUT2D eigenvalue weighted by Crippen LogP contribution is -2.27. The Balaban J connectivity index is 2.83. The fourth-order valence-electron chi connectivity index (χ4n) is 1.31. The first-order valence-corrected chi connectivity index (χ1v) is 5.89. The zero-order valence-electron chi connectivity index (χ0n) is 9.09. The number of amides is 1. The molecule has 0 heterocycles. The van der Waals surface area contributed by atoms with Gasteiger partial charge in [0, 0.05) is 0 Å². The Morgan fingerprint density at radius 1 is 1.62 bits per heavy atom. The summed E-state index contributed by atoms with van der Waals surface area (Å²) < 4.78 is 18.0. The summed E-state index contributed by atoms with van der Waals surface area (Å²) in [7, 11) is 1.41. The smallest absolute Gasteiger partial charge is 0.231 e. The van der Waals surface area contributed by atoms with Gasteiger partial charge in [-0.25, -0.2) is 4.39 Å². The third kappa shape index (κ3) is 3.20. The highest BCUT2D eigenvalue weighted by Gasteiger charge is 2.11. The van der Waals surface area contributed by atoms with Gasteiger partial charge in [-0.3, -0.25) is 4.79 Å². The Bertz CT molecular complexity index is 384. The predicted octanol–water partition coefficient (Wildman–Crippen LogP) is 2.41. The number of alkyl halides is 1. The molecule has 0 bridgehead atoms. The van der Waals surface area contributed by atoms with Crippen molar-refractivity contribution in [1.82, 2.24) is 5.32 Å². The Morgan fingerprint density at radius 3 is 2.88 bits per heavy atom. The fourth-order valence-corrected chi connectivity index (χ4v) is 1.47. The SMILES string of the molecule is COc1cc(C(C)NC(=O)CBr)ccc1F. The molecule has 0 fully saturated rings. The molecule has 16 heavy (non-hydrogen) atoms. The van der Waals surface area contributed by atoms with Gasteiger partial charge in [-0.2, -0.15) is 0 Å². The lowest BCUT2D eigenvalue weighted by atomic mass is 10.1. The van der Waals surface area contributed by atoms with Crippen LogP contribution in [0, 0.1) is 5.82 Å². The van der Waals surface area contributed by atoms with Crippen LogP contribution in [-0.4, -0.2) is 18.3 Å². The molecule has 88 valence electrons. The quantitative estimate of drug-likeness (QED) is 0.865. The van der Waals surface area contributed by atoms with Gasteiger partial charge in [0.15, 0.2) is 11.6 Å². The van der Waals surface area contributed by atoms with Crippen molar-refractivity contribution in [2.45, 2.75) is 13.0 Å². The predicted molar refractivity (Wildman–Crippen MR) is 63.3 cm³/mol. The lowest BCUT2D eigenvalue weighted by Gasteiger charge is -2.14. The standard InChI is InChI=1S/C11H13BrFNO2/c1-7(14-11(15)6-12)8-3-4-9(13)10(5-8)16-2/h3-5,7H,6H2,1-2H3,(H,14,15). The molecule has 5 heteroatoms. The van der Waals surface area contributed by atoms with Gasteiger partial charge in [0.25, 0.3) is 0 Å². The topological polar surface area (TPSA) is 38.3 Å². The third-order valence-electron chi connectivity index (χ3n) is 2.17. The number of hydrogen-bond acceptors (Lipinski definition) is 2. The van der Waals surface area contributed by atoms with E-state index in [0.29, 0.717) is 0 Å². The second-order valence-corrected chi connectivity index (χ2v) is 3.88. The molecule has 0 aromatic heterocycles. The Hall–Kier alpha value is -1.10. The fraction of sp³-hybridized carbons (Fsp3) is 0.364. The van der Waals surface area contributed by atoms with E-state index in [0.717, 1.165) is 5.56 Å². The van der Waals surface area contributed by atoms with E-state index in [4.69, 9.17) is 4.74 Å². The second-order valence-electron chi connectivity index (χ2n) is 3.32. The second kappa shape index (κ2) is 5.84. The van der Waals surface area contributed by atoms with Gasteiger partial charge in [0.05, 0.1) is 18.5 Å². The number of halogens is 2. The summed E-state index contributed by atoms with van der Waals surface area (Å²) in [5.74, 6) is -0.349. The number of rotatable bonds is 4. The number of nitrogens with one attached hydrogen (secondary N) is 1. The molecule has 0 aliphatic carbocycles. The van der Waals surface area contributed by atoms with Crippen molar-refractivity contribution in [3.8, 4) is 5.75 Å². The van der Waals surface area contributed by atoms with Gasteiger partial charge < -0.3 is 10.1 Å². The first-order valence-electron chi connectivity index (χ1n) is 4.77. The van der Waals surface area contributed by atoms with Crippen LogP contribution in [0.1, 0.15) is 18.5 Å². The van der Waals surface area contributed by atoms with E-state index in [1.165, 1.54) is 13.2 Å². The van der Waals surface area contributed by atoms with Crippen LogP contribution < -0.4 is 10.1 Å². The van der Waals surface area contributed by atoms with Gasteiger partial charge in [0.1, 0.15) is 0 Å². The molecule has 0 radical (unpaired) electrons. The van der Waals surface area contributed by atoms with Crippen molar-refractivity contribution in [1.29, 1.82) is 0 Å². The summed E-state index contributed by atoms with van der Waals surface area (Å²) in [5.41, 5.74) is 0.799. The van der Waals surface area contributed by atoms with Crippen molar-refractivity contribution in [3.05, 3.63) is 29.6 Å². The lowest BCUT2D eigenvalue weighted by molar-refractivity contribution is -0.119. The number of ether oxygens (including phenoxy) is 1. The number of carbonyl (C=O) groups excluding carboxylic acids is 1. The van der Waals surface area contributed by atoms with Crippen molar-refractivity contribution in [3.63, 3.8) is 0 Å². The molecule has 1 rings (SSSR count). The van der Waals surface area contributed by atoms with Crippen molar-refractivity contribution < 1.29 is 13.9 Å². The molecule has 1 unspecified atom stereocenters. The minimum Gasteiger partial charge on any atom is -0.494 e. The first kappa shape index (κ1) is 13.0. The minimum atomic E-state index is -0.412. The summed E-state index contributed by atoms with van der Waals surface area (Å²) in [6.07, 6.45) is 0. The van der Waals surface area contributed by atoms with E-state index in [2.05, 4.69) is 21.2 Å². The normalized spacial score (nSPS) is 12.0. The van der Waals surface area contributed by atoms with Crippen LogP contribution in [-0.2, 0) is 4.79 Å². The highest BCUT2D eigenvalue weighted by atomic mass is 79.9. The van der Waals surface area contributed by atoms with Crippen LogP contribution in [0.4, 0.5) is 4.39 Å². The van der Waals surface area contributed by atoms with Crippen LogP contribution in [0.5, 0.6) is 5.75 Å². The van der Waals surface area contributed by atoms with Crippen LogP contribution >= 0.6 is 15.9 Å². The molecule has 0 spiro atoms. The Labute approximate surface area is 102 Å². The highest BCUT2D eigenvalue weighted by molar-refractivity contribution is 9.09. The van der Waals surface area contributed by atoms with Crippen LogP contribution in [0.2, 0.25) is 0 Å². The van der Waals surface area contributed by atoms with Crippen LogP contribution in [0.3, 0.4) is 0 Å². The summed E-state index contributed by atoms with van der Waals surface area (Å²) >= 11 is 3.06. The summed E-state index contributed by atoms with van der Waals surface area (Å²) in [5, 5.41) is 3.00. The van der Waals surface area contributed by atoms with Crippen molar-refractivity contribution in [2.24, 2.45) is 0 Å². The number of carbonyl (C=O) groups is 1. The van der Waals surface area contributed by atoms with Gasteiger partial charge in [0.2, 0.25) is 5.91 Å². The van der Waals surface area contributed by atoms with Crippen LogP contribution in [0.25, 0.3) is 0 Å². The Kier molecular flexibility index (Phi) is 4.73. The van der Waals surface area contributed by atoms with Crippen LogP contribution in [0.15, 0.2) is 18.2 Å². The Morgan fingerprint density at radius 2 is 2.31 bits per heavy atom. The van der Waals surface area contributed by atoms with Gasteiger partial charge >= 0.3 is 0 Å².